The van der Waals surface area contributed by atoms with Crippen LogP contribution in [0.3, 0.4) is 0 Å². The monoisotopic (exact) mass is 503 g/mol. The van der Waals surface area contributed by atoms with Gasteiger partial charge in [-0.2, -0.15) is 0 Å². The highest BCUT2D eigenvalue weighted by atomic mass is 79.9. The van der Waals surface area contributed by atoms with E-state index < -0.39 is 0 Å². The summed E-state index contributed by atoms with van der Waals surface area (Å²) in [6.45, 7) is 0.922. The van der Waals surface area contributed by atoms with Crippen LogP contribution < -0.4 is 15.4 Å². The molecule has 5 rings (SSSR count). The lowest BCUT2D eigenvalue weighted by molar-refractivity contribution is -0.112. The summed E-state index contributed by atoms with van der Waals surface area (Å²) in [7, 11) is 0. The van der Waals surface area contributed by atoms with Crippen LogP contribution in [0, 0.1) is 0 Å². The quantitative estimate of drug-likeness (QED) is 0.452. The number of thiazole rings is 1. The van der Waals surface area contributed by atoms with Crippen LogP contribution in [0.4, 0.5) is 0 Å². The minimum atomic E-state index is -0.351. The number of hydrogen-bond acceptors (Lipinski definition) is 4. The van der Waals surface area contributed by atoms with Gasteiger partial charge >= 0.3 is 0 Å². The number of hydrogen-bond donors (Lipinski definition) is 1. The molecule has 5 nitrogen and oxygen atoms in total. The van der Waals surface area contributed by atoms with Crippen molar-refractivity contribution in [1.82, 2.24) is 4.57 Å². The van der Waals surface area contributed by atoms with Gasteiger partial charge in [-0.1, -0.05) is 87.9 Å². The third-order valence-electron chi connectivity index (χ3n) is 5.20. The van der Waals surface area contributed by atoms with E-state index in [0.717, 1.165) is 15.6 Å². The number of halogens is 1. The Labute approximate surface area is 196 Å². The van der Waals surface area contributed by atoms with Crippen molar-refractivity contribution in [2.75, 3.05) is 0 Å². The lowest BCUT2D eigenvalue weighted by atomic mass is 10.1. The zero-order valence-electron chi connectivity index (χ0n) is 16.9. The molecule has 32 heavy (non-hydrogen) atoms. The molecule has 0 unspecified atom stereocenters. The second-order valence-electron chi connectivity index (χ2n) is 7.36. The fourth-order valence-electron chi connectivity index (χ4n) is 3.64. The van der Waals surface area contributed by atoms with Crippen LogP contribution in [0.15, 0.2) is 93.3 Å². The predicted octanol–water partition coefficient (Wildman–Crippen LogP) is 3.53. The van der Waals surface area contributed by atoms with Gasteiger partial charge in [0.25, 0.3) is 5.91 Å². The molecule has 0 spiro atoms. The van der Waals surface area contributed by atoms with Gasteiger partial charge in [0.15, 0.2) is 4.80 Å². The van der Waals surface area contributed by atoms with Crippen molar-refractivity contribution in [3.63, 3.8) is 0 Å². The van der Waals surface area contributed by atoms with E-state index >= 15 is 0 Å². The summed E-state index contributed by atoms with van der Waals surface area (Å²) in [5.41, 5.74) is 2.51. The van der Waals surface area contributed by atoms with Crippen LogP contribution in [0.25, 0.3) is 5.57 Å². The van der Waals surface area contributed by atoms with E-state index in [-0.39, 0.29) is 11.8 Å². The van der Waals surface area contributed by atoms with Crippen molar-refractivity contribution in [2.24, 2.45) is 9.98 Å². The van der Waals surface area contributed by atoms with Crippen LogP contribution in [-0.2, 0) is 17.9 Å². The van der Waals surface area contributed by atoms with Gasteiger partial charge in [0.1, 0.15) is 4.88 Å². The number of carbonyl (C=O) groups is 1. The van der Waals surface area contributed by atoms with Crippen molar-refractivity contribution in [1.29, 1.82) is 0 Å². The third kappa shape index (κ3) is 3.97. The molecule has 0 radical (unpaired) electrons. The Hall–Kier alpha value is -3.29. The lowest BCUT2D eigenvalue weighted by Crippen LogP contribution is -2.22. The Morgan fingerprint density at radius 2 is 1.66 bits per heavy atom. The molecule has 7 heteroatoms. The molecule has 1 N–H and O–H groups in total. The summed E-state index contributed by atoms with van der Waals surface area (Å²) in [6, 6.07) is 25.3. The summed E-state index contributed by atoms with van der Waals surface area (Å²) in [6.07, 6.45) is 0. The smallest absolute Gasteiger partial charge is 0.279 e. The van der Waals surface area contributed by atoms with Gasteiger partial charge in [0.2, 0.25) is 5.88 Å². The predicted molar refractivity (Wildman–Crippen MR) is 128 cm³/mol. The molecule has 3 aromatic carbocycles. The number of fused-ring (bicyclic) bond motifs is 1. The van der Waals surface area contributed by atoms with E-state index in [0.29, 0.717) is 38.9 Å². The van der Waals surface area contributed by atoms with Gasteiger partial charge in [-0.05, 0) is 29.3 Å². The summed E-state index contributed by atoms with van der Waals surface area (Å²) >= 11 is 4.78. The molecule has 1 aliphatic rings. The number of aromatic hydroxyl groups is 1. The van der Waals surface area contributed by atoms with Crippen molar-refractivity contribution in [3.05, 3.63) is 115 Å². The van der Waals surface area contributed by atoms with Gasteiger partial charge in [-0.25, -0.2) is 4.99 Å². The number of amides is 1. The van der Waals surface area contributed by atoms with Crippen molar-refractivity contribution in [3.8, 4) is 5.88 Å². The third-order valence-corrected chi connectivity index (χ3v) is 6.81. The maximum Gasteiger partial charge on any atom is 0.279 e. The molecular weight excluding hydrogens is 486 g/mol. The average Bonchev–Trinajstić information content (AvgIpc) is 3.29. The van der Waals surface area contributed by atoms with Crippen molar-refractivity contribution in [2.45, 2.75) is 13.1 Å². The van der Waals surface area contributed by atoms with Gasteiger partial charge in [-0.3, -0.25) is 14.4 Å². The fraction of sp³-hybridized carbons (Fsp3) is 0.0800. The Kier molecular flexibility index (Phi) is 5.59. The number of rotatable bonds is 5. The minimum Gasteiger partial charge on any atom is -0.493 e. The first-order valence-corrected chi connectivity index (χ1v) is 11.7. The zero-order valence-corrected chi connectivity index (χ0v) is 19.3. The molecule has 158 valence electrons. The Morgan fingerprint density at radius 1 is 0.969 bits per heavy atom. The topological polar surface area (TPSA) is 67.0 Å². The Bertz CT molecular complexity index is 1510. The first-order chi connectivity index (χ1) is 15.6. The maximum atomic E-state index is 12.8. The van der Waals surface area contributed by atoms with E-state index in [1.165, 1.54) is 11.3 Å². The zero-order chi connectivity index (χ0) is 22.1. The molecule has 2 heterocycles. The van der Waals surface area contributed by atoms with Crippen molar-refractivity contribution < 1.29 is 9.90 Å². The molecule has 1 aliphatic heterocycles. The molecule has 4 aromatic rings. The van der Waals surface area contributed by atoms with Gasteiger partial charge < -0.3 is 5.11 Å². The highest BCUT2D eigenvalue weighted by Gasteiger charge is 2.25. The van der Waals surface area contributed by atoms with Crippen LogP contribution in [-0.4, -0.2) is 15.6 Å². The molecule has 0 fully saturated rings. The van der Waals surface area contributed by atoms with Crippen LogP contribution in [0.5, 0.6) is 5.88 Å². The largest absolute Gasteiger partial charge is 0.493 e. The lowest BCUT2D eigenvalue weighted by Gasteiger charge is -2.06. The normalized spacial score (nSPS) is 13.3. The minimum absolute atomic E-state index is 0.0250. The highest BCUT2D eigenvalue weighted by molar-refractivity contribution is 9.10. The van der Waals surface area contributed by atoms with Gasteiger partial charge in [0, 0.05) is 9.69 Å². The van der Waals surface area contributed by atoms with E-state index in [4.69, 9.17) is 4.99 Å². The molecular formula is C25H18BrN3O2S. The second-order valence-corrected chi connectivity index (χ2v) is 9.26. The average molecular weight is 504 g/mol. The fourth-order valence-corrected chi connectivity index (χ4v) is 5.08. The Morgan fingerprint density at radius 3 is 2.38 bits per heavy atom. The number of carbonyl (C=O) groups excluding carboxylic acids is 1. The van der Waals surface area contributed by atoms with E-state index in [1.807, 2.05) is 72.8 Å². The van der Waals surface area contributed by atoms with Crippen LogP contribution >= 0.6 is 27.3 Å². The first-order valence-electron chi connectivity index (χ1n) is 10.0. The number of nitrogens with zero attached hydrogens (tertiary/aromatic N) is 3. The van der Waals surface area contributed by atoms with Crippen molar-refractivity contribution >= 4 is 38.7 Å². The SMILES string of the molecule is O=C1N=c2ccc(Br)cc2=C1c1sc(=NCc2ccccc2)n(Cc2ccccc2)c1O. The summed E-state index contributed by atoms with van der Waals surface area (Å²) in [5.74, 6) is -0.326. The molecule has 0 atom stereocenters. The molecule has 1 aromatic heterocycles. The molecule has 0 bridgehead atoms. The summed E-state index contributed by atoms with van der Waals surface area (Å²) < 4.78 is 2.61. The van der Waals surface area contributed by atoms with Crippen LogP contribution in [0.2, 0.25) is 0 Å². The molecule has 0 aliphatic carbocycles. The molecule has 0 saturated heterocycles. The standard InChI is InChI=1S/C25H18BrN3O2S/c26-18-11-12-20-19(13-18)21(23(30)28-20)22-24(31)29(15-17-9-5-2-6-10-17)25(32-22)27-14-16-7-3-1-4-8-16/h1-13,31H,14-15H2. The first kappa shape index (κ1) is 20.6. The van der Waals surface area contributed by atoms with E-state index in [1.54, 1.807) is 10.6 Å². The van der Waals surface area contributed by atoms with Crippen LogP contribution in [0.1, 0.15) is 16.0 Å². The second kappa shape index (κ2) is 8.68. The molecule has 0 saturated carbocycles. The van der Waals surface area contributed by atoms with E-state index in [9.17, 15) is 9.90 Å². The summed E-state index contributed by atoms with van der Waals surface area (Å²) in [5, 5.41) is 12.5. The molecule has 1 amide bonds. The number of aromatic nitrogens is 1. The number of benzene rings is 3. The van der Waals surface area contributed by atoms with E-state index in [2.05, 4.69) is 20.9 Å². The maximum absolute atomic E-state index is 12.8. The highest BCUT2D eigenvalue weighted by Crippen LogP contribution is 2.29. The van der Waals surface area contributed by atoms with Gasteiger partial charge in [-0.15, -0.1) is 0 Å². The summed E-state index contributed by atoms with van der Waals surface area (Å²) in [4.78, 5) is 22.9. The van der Waals surface area contributed by atoms with Gasteiger partial charge in [0.05, 0.1) is 24.0 Å². The Balaban J connectivity index is 1.69.